The summed E-state index contributed by atoms with van der Waals surface area (Å²) in [5, 5.41) is 18.8. The molecule has 0 aliphatic rings. The number of nitriles is 2. The number of hydrogen-bond donors (Lipinski definition) is 2. The molecule has 0 radical (unpaired) electrons. The summed E-state index contributed by atoms with van der Waals surface area (Å²) in [5.74, 6) is -2.77. The lowest BCUT2D eigenvalue weighted by molar-refractivity contribution is 0.299. The molecule has 0 saturated heterocycles. The van der Waals surface area contributed by atoms with E-state index in [0.717, 1.165) is 24.3 Å². The van der Waals surface area contributed by atoms with Crippen LogP contribution in [0, 0.1) is 40.1 Å². The fourth-order valence-corrected chi connectivity index (χ4v) is 2.73. The van der Waals surface area contributed by atoms with Gasteiger partial charge in [0.1, 0.15) is 58.9 Å². The largest absolute Gasteiger partial charge is 0.488 e. The summed E-state index contributed by atoms with van der Waals surface area (Å²) in [6, 6.07) is 9.57. The van der Waals surface area contributed by atoms with Crippen molar-refractivity contribution in [3.05, 3.63) is 80.9 Å². The first kappa shape index (κ1) is 19.5. The highest BCUT2D eigenvalue weighted by molar-refractivity contribution is 5.83. The zero-order valence-corrected chi connectivity index (χ0v) is 14.6. The molecule has 144 valence electrons. The molecular formula is C20H11F3N4O2. The molecule has 9 heteroatoms. The van der Waals surface area contributed by atoms with Crippen LogP contribution in [0.4, 0.5) is 19.0 Å². The van der Waals surface area contributed by atoms with E-state index in [1.54, 1.807) is 12.1 Å². The van der Waals surface area contributed by atoms with Crippen molar-refractivity contribution in [3.63, 3.8) is 0 Å². The van der Waals surface area contributed by atoms with E-state index in [-0.39, 0.29) is 33.8 Å². The third-order valence-electron chi connectivity index (χ3n) is 4.08. The minimum atomic E-state index is -0.862. The molecule has 0 atom stereocenters. The Bertz CT molecular complexity index is 1260. The maximum absolute atomic E-state index is 13.9. The first-order chi connectivity index (χ1) is 13.8. The smallest absolute Gasteiger partial charge is 0.268 e. The first-order valence-corrected chi connectivity index (χ1v) is 8.08. The van der Waals surface area contributed by atoms with E-state index in [2.05, 4.69) is 4.98 Å². The van der Waals surface area contributed by atoms with Crippen LogP contribution >= 0.6 is 0 Å². The number of aromatic amines is 1. The van der Waals surface area contributed by atoms with Crippen molar-refractivity contribution in [1.29, 1.82) is 10.5 Å². The summed E-state index contributed by atoms with van der Waals surface area (Å²) in [5.41, 5.74) is 4.13. The van der Waals surface area contributed by atoms with Crippen molar-refractivity contribution in [3.8, 4) is 29.0 Å². The lowest BCUT2D eigenvalue weighted by atomic mass is 9.96. The fourth-order valence-electron chi connectivity index (χ4n) is 2.73. The predicted molar refractivity (Wildman–Crippen MR) is 97.0 cm³/mol. The van der Waals surface area contributed by atoms with Gasteiger partial charge in [-0.1, -0.05) is 0 Å². The van der Waals surface area contributed by atoms with Gasteiger partial charge in [-0.25, -0.2) is 13.2 Å². The quantitative estimate of drug-likeness (QED) is 0.702. The van der Waals surface area contributed by atoms with Gasteiger partial charge in [-0.05, 0) is 24.3 Å². The number of nitrogens with two attached hydrogens (primary N) is 1. The van der Waals surface area contributed by atoms with E-state index >= 15 is 0 Å². The Balaban J connectivity index is 2.15. The molecule has 0 spiro atoms. The number of pyridine rings is 1. The summed E-state index contributed by atoms with van der Waals surface area (Å²) >= 11 is 0. The molecule has 0 fully saturated rings. The molecule has 3 aromatic rings. The van der Waals surface area contributed by atoms with Crippen molar-refractivity contribution in [2.45, 2.75) is 6.61 Å². The average molecular weight is 396 g/mol. The molecular weight excluding hydrogens is 385 g/mol. The molecule has 0 unspecified atom stereocenters. The molecule has 1 heterocycles. The van der Waals surface area contributed by atoms with Crippen molar-refractivity contribution in [2.75, 3.05) is 5.73 Å². The van der Waals surface area contributed by atoms with Crippen LogP contribution in [0.25, 0.3) is 11.1 Å². The number of benzene rings is 2. The second-order valence-electron chi connectivity index (χ2n) is 5.88. The van der Waals surface area contributed by atoms with Crippen molar-refractivity contribution in [2.24, 2.45) is 0 Å². The number of anilines is 1. The molecule has 2 aromatic carbocycles. The molecule has 0 bridgehead atoms. The minimum Gasteiger partial charge on any atom is -0.488 e. The molecule has 0 aliphatic heterocycles. The maximum Gasteiger partial charge on any atom is 0.268 e. The number of rotatable bonds is 4. The molecule has 0 aliphatic carbocycles. The highest BCUT2D eigenvalue weighted by Gasteiger charge is 2.21. The van der Waals surface area contributed by atoms with E-state index in [4.69, 9.17) is 10.5 Å². The Morgan fingerprint density at radius 2 is 1.66 bits per heavy atom. The van der Waals surface area contributed by atoms with Crippen LogP contribution in [0.3, 0.4) is 0 Å². The number of halogens is 3. The highest BCUT2D eigenvalue weighted by atomic mass is 19.1. The van der Waals surface area contributed by atoms with Gasteiger partial charge in [0.2, 0.25) is 0 Å². The van der Waals surface area contributed by atoms with E-state index in [9.17, 15) is 28.5 Å². The molecule has 3 N–H and O–H groups in total. The lowest BCUT2D eigenvalue weighted by Gasteiger charge is -2.15. The summed E-state index contributed by atoms with van der Waals surface area (Å²) < 4.78 is 46.2. The number of hydrogen-bond acceptors (Lipinski definition) is 5. The van der Waals surface area contributed by atoms with Crippen LogP contribution in [-0.4, -0.2) is 4.98 Å². The zero-order valence-electron chi connectivity index (χ0n) is 14.6. The van der Waals surface area contributed by atoms with Crippen LogP contribution < -0.4 is 16.0 Å². The number of aromatic nitrogens is 1. The highest BCUT2D eigenvalue weighted by Crippen LogP contribution is 2.36. The number of ether oxygens (including phenoxy) is 1. The van der Waals surface area contributed by atoms with Gasteiger partial charge in [-0.15, -0.1) is 0 Å². The maximum atomic E-state index is 13.9. The van der Waals surface area contributed by atoms with Gasteiger partial charge in [0, 0.05) is 28.8 Å². The monoisotopic (exact) mass is 396 g/mol. The van der Waals surface area contributed by atoms with Gasteiger partial charge in [0.25, 0.3) is 5.56 Å². The van der Waals surface area contributed by atoms with Crippen molar-refractivity contribution < 1.29 is 17.9 Å². The fraction of sp³-hybridized carbons (Fsp3) is 0.0500. The standard InChI is InChI=1S/C20H11F3N4O2/c21-11-2-1-10(16(23)5-11)9-29-17-6-12(22)3-4-13(17)18-14(7-24)19(26)27-20(28)15(18)8-25/h1-6H,9H2,(H3,26,27,28). The van der Waals surface area contributed by atoms with Crippen LogP contribution in [0.2, 0.25) is 0 Å². The molecule has 1 aromatic heterocycles. The summed E-state index contributed by atoms with van der Waals surface area (Å²) in [7, 11) is 0. The summed E-state index contributed by atoms with van der Waals surface area (Å²) in [6.07, 6.45) is 0. The molecule has 29 heavy (non-hydrogen) atoms. The van der Waals surface area contributed by atoms with Crippen molar-refractivity contribution in [1.82, 2.24) is 4.98 Å². The Hall–Kier alpha value is -4.24. The Labute approximate surface area is 162 Å². The zero-order chi connectivity index (χ0) is 21.1. The summed E-state index contributed by atoms with van der Waals surface area (Å²) in [6.45, 7) is -0.398. The Morgan fingerprint density at radius 1 is 1.00 bits per heavy atom. The summed E-state index contributed by atoms with van der Waals surface area (Å²) in [4.78, 5) is 14.3. The topological polar surface area (TPSA) is 116 Å². The normalized spacial score (nSPS) is 10.2. The van der Waals surface area contributed by atoms with Crippen LogP contribution in [0.15, 0.2) is 41.2 Å². The van der Waals surface area contributed by atoms with Gasteiger partial charge in [0.05, 0.1) is 0 Å². The lowest BCUT2D eigenvalue weighted by Crippen LogP contribution is -2.16. The van der Waals surface area contributed by atoms with Gasteiger partial charge >= 0.3 is 0 Å². The number of nitrogens with zero attached hydrogens (tertiary/aromatic N) is 2. The second-order valence-corrected chi connectivity index (χ2v) is 5.88. The SMILES string of the molecule is N#Cc1c(N)[nH]c(=O)c(C#N)c1-c1ccc(F)cc1OCc1ccc(F)cc1F. The number of H-pyrrole nitrogens is 1. The Morgan fingerprint density at radius 3 is 2.31 bits per heavy atom. The van der Waals surface area contributed by atoms with E-state index in [0.29, 0.717) is 6.07 Å². The Kier molecular flexibility index (Phi) is 5.24. The van der Waals surface area contributed by atoms with E-state index in [1.165, 1.54) is 6.07 Å². The number of nitrogens with one attached hydrogen (secondary N) is 1. The van der Waals surface area contributed by atoms with Crippen LogP contribution in [-0.2, 0) is 6.61 Å². The van der Waals surface area contributed by atoms with Gasteiger partial charge in [-0.3, -0.25) is 4.79 Å². The van der Waals surface area contributed by atoms with E-state index in [1.807, 2.05) is 0 Å². The van der Waals surface area contributed by atoms with Gasteiger partial charge < -0.3 is 15.5 Å². The predicted octanol–water partition coefficient (Wildman–Crippen LogP) is 3.36. The second kappa shape index (κ2) is 7.79. The van der Waals surface area contributed by atoms with Gasteiger partial charge in [-0.2, -0.15) is 10.5 Å². The van der Waals surface area contributed by atoms with Crippen LogP contribution in [0.1, 0.15) is 16.7 Å². The molecule has 3 rings (SSSR count). The molecule has 0 saturated carbocycles. The number of nitrogen functional groups attached to an aromatic ring is 1. The first-order valence-electron chi connectivity index (χ1n) is 8.08. The van der Waals surface area contributed by atoms with Gasteiger partial charge in [0.15, 0.2) is 0 Å². The van der Waals surface area contributed by atoms with E-state index < -0.39 is 35.2 Å². The third kappa shape index (κ3) is 3.75. The molecule has 6 nitrogen and oxygen atoms in total. The minimum absolute atomic E-state index is 0.00644. The average Bonchev–Trinajstić information content (AvgIpc) is 2.67. The van der Waals surface area contributed by atoms with Crippen molar-refractivity contribution >= 4 is 5.82 Å². The van der Waals surface area contributed by atoms with Crippen LogP contribution in [0.5, 0.6) is 5.75 Å². The molecule has 0 amide bonds. The third-order valence-corrected chi connectivity index (χ3v) is 4.08.